The second-order valence-electron chi connectivity index (χ2n) is 6.63. The molecule has 0 spiro atoms. The molecule has 0 atom stereocenters. The Bertz CT molecular complexity index is 893. The first-order valence-corrected chi connectivity index (χ1v) is 11.3. The number of sulfonamides is 1. The molecule has 2 aromatic rings. The van der Waals surface area contributed by atoms with Crippen LogP contribution in [0.2, 0.25) is 0 Å². The van der Waals surface area contributed by atoms with E-state index in [1.807, 2.05) is 30.3 Å². The molecule has 144 valence electrons. The second-order valence-corrected chi connectivity index (χ2v) is 9.39. The third kappa shape index (κ3) is 4.97. The maximum absolute atomic E-state index is 13.1. The van der Waals surface area contributed by atoms with Gasteiger partial charge in [-0.05, 0) is 52.5 Å². The van der Waals surface area contributed by atoms with Gasteiger partial charge in [0, 0.05) is 29.7 Å². The van der Waals surface area contributed by atoms with Crippen LogP contribution in [0.25, 0.3) is 0 Å². The van der Waals surface area contributed by atoms with Crippen LogP contribution in [0.4, 0.5) is 0 Å². The number of nitrogens with zero attached hydrogens (tertiary/aromatic N) is 1. The zero-order valence-corrected chi connectivity index (χ0v) is 17.4. The van der Waals surface area contributed by atoms with E-state index < -0.39 is 10.0 Å². The monoisotopic (exact) mass is 450 g/mol. The lowest BCUT2D eigenvalue weighted by atomic mass is 10.2. The van der Waals surface area contributed by atoms with Gasteiger partial charge in [-0.2, -0.15) is 4.31 Å². The Morgan fingerprint density at radius 3 is 2.33 bits per heavy atom. The summed E-state index contributed by atoms with van der Waals surface area (Å²) in [5, 5.41) is 2.84. The summed E-state index contributed by atoms with van der Waals surface area (Å²) in [7, 11) is -3.63. The molecule has 0 aliphatic carbocycles. The minimum Gasteiger partial charge on any atom is -0.348 e. The third-order valence-corrected chi connectivity index (χ3v) is 7.56. The van der Waals surface area contributed by atoms with Crippen LogP contribution in [0.15, 0.2) is 57.9 Å². The van der Waals surface area contributed by atoms with Crippen molar-refractivity contribution >= 4 is 31.9 Å². The van der Waals surface area contributed by atoms with Gasteiger partial charge in [-0.25, -0.2) is 8.42 Å². The molecule has 1 saturated heterocycles. The van der Waals surface area contributed by atoms with E-state index in [0.717, 1.165) is 31.2 Å². The highest BCUT2D eigenvalue weighted by Gasteiger charge is 2.28. The number of carbonyl (C=O) groups is 1. The highest BCUT2D eigenvalue weighted by Crippen LogP contribution is 2.28. The van der Waals surface area contributed by atoms with Crippen LogP contribution in [0, 0.1) is 0 Å². The molecular formula is C20H23BrN2O3S. The van der Waals surface area contributed by atoms with Crippen LogP contribution in [0.5, 0.6) is 0 Å². The number of benzene rings is 2. The number of nitrogens with one attached hydrogen (secondary N) is 1. The maximum Gasteiger partial charge on any atom is 0.251 e. The summed E-state index contributed by atoms with van der Waals surface area (Å²) in [6.45, 7) is 1.45. The molecular weight excluding hydrogens is 428 g/mol. The number of carbonyl (C=O) groups excluding carboxylic acids is 1. The zero-order chi connectivity index (χ0) is 19.3. The summed E-state index contributed by atoms with van der Waals surface area (Å²) in [5.41, 5.74) is 1.32. The molecule has 0 radical (unpaired) electrons. The first kappa shape index (κ1) is 20.0. The summed E-state index contributed by atoms with van der Waals surface area (Å²) in [6, 6.07) is 14.3. The average molecular weight is 451 g/mol. The van der Waals surface area contributed by atoms with Crippen molar-refractivity contribution in [1.29, 1.82) is 0 Å². The van der Waals surface area contributed by atoms with Gasteiger partial charge in [-0.15, -0.1) is 0 Å². The molecule has 1 fully saturated rings. The van der Waals surface area contributed by atoms with Crippen LogP contribution < -0.4 is 5.32 Å². The topological polar surface area (TPSA) is 66.5 Å². The normalized spacial score (nSPS) is 15.9. The van der Waals surface area contributed by atoms with Crippen LogP contribution in [0.1, 0.15) is 41.6 Å². The van der Waals surface area contributed by atoms with Gasteiger partial charge >= 0.3 is 0 Å². The molecule has 1 N–H and O–H groups in total. The van der Waals surface area contributed by atoms with E-state index in [1.54, 1.807) is 12.1 Å². The Morgan fingerprint density at radius 1 is 1.00 bits per heavy atom. The highest BCUT2D eigenvalue weighted by atomic mass is 79.9. The molecule has 0 unspecified atom stereocenters. The van der Waals surface area contributed by atoms with Gasteiger partial charge in [0.25, 0.3) is 5.91 Å². The van der Waals surface area contributed by atoms with Gasteiger partial charge in [0.05, 0.1) is 4.90 Å². The minimum atomic E-state index is -3.63. The first-order valence-electron chi connectivity index (χ1n) is 9.10. The van der Waals surface area contributed by atoms with Crippen molar-refractivity contribution in [1.82, 2.24) is 9.62 Å². The second kappa shape index (κ2) is 8.99. The Morgan fingerprint density at radius 2 is 1.67 bits per heavy atom. The number of amides is 1. The molecule has 1 aliphatic heterocycles. The molecule has 1 aliphatic rings. The van der Waals surface area contributed by atoms with Crippen molar-refractivity contribution < 1.29 is 13.2 Å². The molecule has 0 saturated carbocycles. The van der Waals surface area contributed by atoms with Crippen LogP contribution in [-0.2, 0) is 16.6 Å². The van der Waals surface area contributed by atoms with Crippen molar-refractivity contribution in [3.63, 3.8) is 0 Å². The molecule has 0 aromatic heterocycles. The molecule has 7 heteroatoms. The maximum atomic E-state index is 13.1. The Balaban J connectivity index is 1.80. The van der Waals surface area contributed by atoms with E-state index >= 15 is 0 Å². The van der Waals surface area contributed by atoms with Crippen molar-refractivity contribution in [3.05, 3.63) is 64.1 Å². The van der Waals surface area contributed by atoms with E-state index in [4.69, 9.17) is 0 Å². The molecule has 1 heterocycles. The van der Waals surface area contributed by atoms with Crippen molar-refractivity contribution in [3.8, 4) is 0 Å². The number of hydrogen-bond donors (Lipinski definition) is 1. The van der Waals surface area contributed by atoms with Gasteiger partial charge in [-0.3, -0.25) is 4.79 Å². The van der Waals surface area contributed by atoms with Gasteiger partial charge < -0.3 is 5.32 Å². The van der Waals surface area contributed by atoms with Gasteiger partial charge in [0.1, 0.15) is 0 Å². The fourth-order valence-corrected chi connectivity index (χ4v) is 5.61. The summed E-state index contributed by atoms with van der Waals surface area (Å²) < 4.78 is 28.2. The highest BCUT2D eigenvalue weighted by molar-refractivity contribution is 9.10. The van der Waals surface area contributed by atoms with Crippen LogP contribution >= 0.6 is 15.9 Å². The predicted molar refractivity (Wildman–Crippen MR) is 109 cm³/mol. The molecule has 3 rings (SSSR count). The Hall–Kier alpha value is -1.70. The molecule has 1 amide bonds. The molecule has 27 heavy (non-hydrogen) atoms. The fourth-order valence-electron chi connectivity index (χ4n) is 3.14. The summed E-state index contributed by atoms with van der Waals surface area (Å²) in [6.07, 6.45) is 3.84. The van der Waals surface area contributed by atoms with Crippen LogP contribution in [-0.4, -0.2) is 31.7 Å². The summed E-state index contributed by atoms with van der Waals surface area (Å²) >= 11 is 3.34. The molecule has 5 nitrogen and oxygen atoms in total. The van der Waals surface area contributed by atoms with E-state index in [-0.39, 0.29) is 10.8 Å². The fraction of sp³-hybridized carbons (Fsp3) is 0.350. The van der Waals surface area contributed by atoms with Crippen molar-refractivity contribution in [2.75, 3.05) is 13.1 Å². The lowest BCUT2D eigenvalue weighted by Crippen LogP contribution is -2.32. The lowest BCUT2D eigenvalue weighted by Gasteiger charge is -2.21. The standard InChI is InChI=1S/C20H23BrN2O3S/c21-18-11-10-17(20(24)22-15-16-8-4-3-5-9-16)14-19(18)27(25,26)23-12-6-1-2-7-13-23/h3-5,8-11,14H,1-2,6-7,12-13,15H2,(H,22,24). The van der Waals surface area contributed by atoms with Gasteiger partial charge in [-0.1, -0.05) is 43.2 Å². The van der Waals surface area contributed by atoms with E-state index in [1.165, 1.54) is 10.4 Å². The molecule has 0 bridgehead atoms. The molecule has 2 aromatic carbocycles. The van der Waals surface area contributed by atoms with Crippen molar-refractivity contribution in [2.45, 2.75) is 37.1 Å². The van der Waals surface area contributed by atoms with Crippen molar-refractivity contribution in [2.24, 2.45) is 0 Å². The number of hydrogen-bond acceptors (Lipinski definition) is 3. The largest absolute Gasteiger partial charge is 0.348 e. The van der Waals surface area contributed by atoms with Crippen LogP contribution in [0.3, 0.4) is 0 Å². The summed E-state index contributed by atoms with van der Waals surface area (Å²) in [5.74, 6) is -0.293. The Kier molecular flexibility index (Phi) is 6.68. The smallest absolute Gasteiger partial charge is 0.251 e. The number of rotatable bonds is 5. The van der Waals surface area contributed by atoms with E-state index in [2.05, 4.69) is 21.2 Å². The third-order valence-electron chi connectivity index (χ3n) is 4.67. The quantitative estimate of drug-likeness (QED) is 0.749. The zero-order valence-electron chi connectivity index (χ0n) is 15.0. The van der Waals surface area contributed by atoms with Gasteiger partial charge in [0.15, 0.2) is 0 Å². The summed E-state index contributed by atoms with van der Waals surface area (Å²) in [4.78, 5) is 12.7. The minimum absolute atomic E-state index is 0.150. The number of halogens is 1. The Labute approximate surface area is 169 Å². The van der Waals surface area contributed by atoms with E-state index in [0.29, 0.717) is 29.7 Å². The average Bonchev–Trinajstić information content (AvgIpc) is 2.97. The SMILES string of the molecule is O=C(NCc1ccccc1)c1ccc(Br)c(S(=O)(=O)N2CCCCCC2)c1. The lowest BCUT2D eigenvalue weighted by molar-refractivity contribution is 0.0950. The van der Waals surface area contributed by atoms with Gasteiger partial charge in [0.2, 0.25) is 10.0 Å². The van der Waals surface area contributed by atoms with E-state index in [9.17, 15) is 13.2 Å². The first-order chi connectivity index (χ1) is 13.0. The predicted octanol–water partition coefficient (Wildman–Crippen LogP) is 3.94.